The summed E-state index contributed by atoms with van der Waals surface area (Å²) in [5.41, 5.74) is 6.83. The van der Waals surface area contributed by atoms with Crippen molar-refractivity contribution in [2.45, 2.75) is 51.0 Å². The number of thioether (sulfide) groups is 1. The van der Waals surface area contributed by atoms with Gasteiger partial charge in [0.15, 0.2) is 0 Å². The zero-order valence-electron chi connectivity index (χ0n) is 11.6. The Bertz CT molecular complexity index is 260. The van der Waals surface area contributed by atoms with Gasteiger partial charge in [-0.25, -0.2) is 0 Å². The lowest BCUT2D eigenvalue weighted by molar-refractivity contribution is 0.0601. The quantitative estimate of drug-likeness (QED) is 0.853. The van der Waals surface area contributed by atoms with E-state index >= 15 is 0 Å². The molecule has 2 N–H and O–H groups in total. The van der Waals surface area contributed by atoms with Gasteiger partial charge >= 0.3 is 0 Å². The van der Waals surface area contributed by atoms with Gasteiger partial charge in [-0.2, -0.15) is 11.8 Å². The van der Waals surface area contributed by atoms with Crippen molar-refractivity contribution < 1.29 is 0 Å². The van der Waals surface area contributed by atoms with Gasteiger partial charge < -0.3 is 5.73 Å². The van der Waals surface area contributed by atoms with Crippen molar-refractivity contribution in [3.8, 4) is 0 Å². The van der Waals surface area contributed by atoms with E-state index in [2.05, 4.69) is 16.7 Å². The van der Waals surface area contributed by atoms with Crippen LogP contribution in [-0.4, -0.2) is 42.1 Å². The van der Waals surface area contributed by atoms with Crippen LogP contribution in [0, 0.1) is 11.3 Å². The molecule has 0 aromatic heterocycles. The predicted molar refractivity (Wildman–Crippen MR) is 80.0 cm³/mol. The highest BCUT2D eigenvalue weighted by molar-refractivity contribution is 7.99. The van der Waals surface area contributed by atoms with Gasteiger partial charge in [0.05, 0.1) is 0 Å². The van der Waals surface area contributed by atoms with Gasteiger partial charge in [0.25, 0.3) is 0 Å². The molecule has 2 unspecified atom stereocenters. The maximum Gasteiger partial charge on any atom is 0.0254 e. The maximum atomic E-state index is 6.08. The van der Waals surface area contributed by atoms with E-state index in [1.54, 1.807) is 0 Å². The number of likely N-dealkylation sites (tertiary alicyclic amines) is 1. The number of nitrogens with zero attached hydrogens (tertiary/aromatic N) is 1. The summed E-state index contributed by atoms with van der Waals surface area (Å²) in [5.74, 6) is 3.58. The molecule has 3 aliphatic rings. The van der Waals surface area contributed by atoms with Crippen LogP contribution in [0.15, 0.2) is 0 Å². The van der Waals surface area contributed by atoms with E-state index in [-0.39, 0.29) is 0 Å². The smallest absolute Gasteiger partial charge is 0.0254 e. The molecule has 3 heteroatoms. The Kier molecular flexibility index (Phi) is 4.21. The topological polar surface area (TPSA) is 29.3 Å². The van der Waals surface area contributed by atoms with Gasteiger partial charge in [-0.3, -0.25) is 4.90 Å². The molecule has 0 amide bonds. The third-order valence-electron chi connectivity index (χ3n) is 5.74. The van der Waals surface area contributed by atoms with Crippen LogP contribution >= 0.6 is 11.8 Å². The van der Waals surface area contributed by atoms with Crippen molar-refractivity contribution in [2.24, 2.45) is 17.1 Å². The second-order valence-electron chi connectivity index (χ2n) is 6.67. The minimum absolute atomic E-state index is 0.679. The highest BCUT2D eigenvalue weighted by Gasteiger charge is 2.39. The zero-order chi connectivity index (χ0) is 12.4. The van der Waals surface area contributed by atoms with Crippen LogP contribution in [-0.2, 0) is 0 Å². The monoisotopic (exact) mass is 268 g/mol. The highest BCUT2D eigenvalue weighted by atomic mass is 32.2. The van der Waals surface area contributed by atoms with Crippen LogP contribution in [0.4, 0.5) is 0 Å². The summed E-state index contributed by atoms with van der Waals surface area (Å²) in [6.45, 7) is 3.52. The molecule has 1 saturated carbocycles. The van der Waals surface area contributed by atoms with Crippen molar-refractivity contribution in [2.75, 3.05) is 31.1 Å². The van der Waals surface area contributed by atoms with Crippen LogP contribution in [0.2, 0.25) is 0 Å². The molecule has 0 radical (unpaired) electrons. The van der Waals surface area contributed by atoms with Crippen LogP contribution in [0.25, 0.3) is 0 Å². The molecule has 0 aromatic rings. The van der Waals surface area contributed by atoms with Gasteiger partial charge in [-0.15, -0.1) is 0 Å². The summed E-state index contributed by atoms with van der Waals surface area (Å²) in [7, 11) is 0. The first-order valence-electron chi connectivity index (χ1n) is 7.85. The fourth-order valence-corrected chi connectivity index (χ4v) is 5.78. The molecule has 1 spiro atoms. The van der Waals surface area contributed by atoms with Crippen molar-refractivity contribution in [1.82, 2.24) is 4.90 Å². The first-order chi connectivity index (χ1) is 8.83. The fraction of sp³-hybridized carbons (Fsp3) is 1.00. The number of hydrogen-bond acceptors (Lipinski definition) is 3. The second-order valence-corrected chi connectivity index (χ2v) is 7.82. The third kappa shape index (κ3) is 2.59. The Morgan fingerprint density at radius 1 is 1.17 bits per heavy atom. The molecule has 104 valence electrons. The second kappa shape index (κ2) is 5.72. The van der Waals surface area contributed by atoms with Gasteiger partial charge in [0.1, 0.15) is 0 Å². The van der Waals surface area contributed by atoms with E-state index in [9.17, 15) is 0 Å². The largest absolute Gasteiger partial charge is 0.329 e. The minimum atomic E-state index is 0.679. The van der Waals surface area contributed by atoms with Crippen LogP contribution < -0.4 is 5.73 Å². The molecule has 1 aliphatic carbocycles. The first kappa shape index (κ1) is 13.3. The summed E-state index contributed by atoms with van der Waals surface area (Å²) < 4.78 is 0. The number of rotatable bonds is 3. The lowest BCUT2D eigenvalue weighted by Gasteiger charge is -2.44. The molecule has 18 heavy (non-hydrogen) atoms. The lowest BCUT2D eigenvalue weighted by atomic mass is 9.76. The SMILES string of the molecule is NCC(C1CCSC1)N1CCC2(CCCC2)CC1. The summed E-state index contributed by atoms with van der Waals surface area (Å²) in [4.78, 5) is 2.74. The molecule has 2 saturated heterocycles. The third-order valence-corrected chi connectivity index (χ3v) is 6.93. The van der Waals surface area contributed by atoms with E-state index < -0.39 is 0 Å². The van der Waals surface area contributed by atoms with Crippen LogP contribution in [0.3, 0.4) is 0 Å². The average Bonchev–Trinajstić information content (AvgIpc) is 3.05. The van der Waals surface area contributed by atoms with Crippen molar-refractivity contribution >= 4 is 11.8 Å². The van der Waals surface area contributed by atoms with E-state index in [1.165, 1.54) is 69.5 Å². The van der Waals surface area contributed by atoms with E-state index in [1.807, 2.05) is 0 Å². The number of hydrogen-bond donors (Lipinski definition) is 1. The molecular formula is C15H28N2S. The number of nitrogens with two attached hydrogens (primary N) is 1. The van der Waals surface area contributed by atoms with E-state index in [0.29, 0.717) is 6.04 Å². The Balaban J connectivity index is 1.57. The Morgan fingerprint density at radius 3 is 2.44 bits per heavy atom. The summed E-state index contributed by atoms with van der Waals surface area (Å²) >= 11 is 2.13. The summed E-state index contributed by atoms with van der Waals surface area (Å²) in [6.07, 6.45) is 10.3. The van der Waals surface area contributed by atoms with Crippen LogP contribution in [0.1, 0.15) is 44.9 Å². The molecule has 3 fully saturated rings. The molecular weight excluding hydrogens is 240 g/mol. The van der Waals surface area contributed by atoms with E-state index in [4.69, 9.17) is 5.73 Å². The lowest BCUT2D eigenvalue weighted by Crippen LogP contribution is -2.50. The molecule has 2 aliphatic heterocycles. The van der Waals surface area contributed by atoms with Gasteiger partial charge in [0.2, 0.25) is 0 Å². The van der Waals surface area contributed by atoms with Crippen LogP contribution in [0.5, 0.6) is 0 Å². The average molecular weight is 268 g/mol. The standard InChI is InChI=1S/C15H28N2S/c16-11-14(13-3-10-18-12-13)17-8-6-15(7-9-17)4-1-2-5-15/h13-14H,1-12,16H2. The van der Waals surface area contributed by atoms with Gasteiger partial charge in [-0.1, -0.05) is 12.8 Å². The fourth-order valence-electron chi connectivity index (χ4n) is 4.45. The summed E-state index contributed by atoms with van der Waals surface area (Å²) in [5, 5.41) is 0. The van der Waals surface area contributed by atoms with Gasteiger partial charge in [0, 0.05) is 12.6 Å². The molecule has 2 nitrogen and oxygen atoms in total. The van der Waals surface area contributed by atoms with E-state index in [0.717, 1.165) is 17.9 Å². The molecule has 3 rings (SSSR count). The Hall–Kier alpha value is 0.270. The molecule has 2 atom stereocenters. The van der Waals surface area contributed by atoms with Gasteiger partial charge in [-0.05, 0) is 68.0 Å². The van der Waals surface area contributed by atoms with Crippen molar-refractivity contribution in [3.05, 3.63) is 0 Å². The predicted octanol–water partition coefficient (Wildman–Crippen LogP) is 2.72. The first-order valence-corrected chi connectivity index (χ1v) is 9.00. The highest BCUT2D eigenvalue weighted by Crippen LogP contribution is 2.46. The Labute approximate surface area is 116 Å². The maximum absolute atomic E-state index is 6.08. The normalized spacial score (nSPS) is 34.2. The van der Waals surface area contributed by atoms with Crippen molar-refractivity contribution in [1.29, 1.82) is 0 Å². The van der Waals surface area contributed by atoms with Crippen molar-refractivity contribution in [3.63, 3.8) is 0 Å². The Morgan fingerprint density at radius 2 is 1.89 bits per heavy atom. The minimum Gasteiger partial charge on any atom is -0.329 e. The molecule has 0 aromatic carbocycles. The molecule has 2 heterocycles. The zero-order valence-corrected chi connectivity index (χ0v) is 12.4. The number of piperidine rings is 1. The molecule has 0 bridgehead atoms. The summed E-state index contributed by atoms with van der Waals surface area (Å²) in [6, 6.07) is 0.679.